The average molecular weight is 269 g/mol. The number of rotatable bonds is 2. The van der Waals surface area contributed by atoms with Crippen molar-refractivity contribution in [2.75, 3.05) is 0 Å². The first-order valence-corrected chi connectivity index (χ1v) is 6.76. The summed E-state index contributed by atoms with van der Waals surface area (Å²) in [6.45, 7) is 0. The predicted molar refractivity (Wildman–Crippen MR) is 76.4 cm³/mol. The van der Waals surface area contributed by atoms with Gasteiger partial charge in [0.25, 0.3) is 0 Å². The van der Waals surface area contributed by atoms with Gasteiger partial charge in [-0.25, -0.2) is 4.99 Å². The highest BCUT2D eigenvalue weighted by Gasteiger charge is 2.30. The van der Waals surface area contributed by atoms with Crippen LogP contribution in [0.1, 0.15) is 5.56 Å². The minimum Gasteiger partial charge on any atom is -0.480 e. The number of para-hydroxylation sites is 1. The summed E-state index contributed by atoms with van der Waals surface area (Å²) < 4.78 is 0. The summed E-state index contributed by atoms with van der Waals surface area (Å²) in [6.07, 6.45) is 0. The number of hydrogen-bond donors (Lipinski definition) is 1. The molecule has 0 saturated carbocycles. The SMILES string of the molecule is O=C(O)[C@H]1Sc2ccccc2N=C1c1ccccc1. The van der Waals surface area contributed by atoms with Gasteiger partial charge in [-0.15, -0.1) is 11.8 Å². The second kappa shape index (κ2) is 4.90. The lowest BCUT2D eigenvalue weighted by molar-refractivity contribution is -0.135. The van der Waals surface area contributed by atoms with E-state index in [4.69, 9.17) is 0 Å². The van der Waals surface area contributed by atoms with Crippen molar-refractivity contribution >= 4 is 29.1 Å². The van der Waals surface area contributed by atoms with E-state index >= 15 is 0 Å². The first kappa shape index (κ1) is 12.0. The summed E-state index contributed by atoms with van der Waals surface area (Å²) in [4.78, 5) is 16.9. The van der Waals surface area contributed by atoms with Gasteiger partial charge in [0.05, 0.1) is 11.4 Å². The van der Waals surface area contributed by atoms with Crippen molar-refractivity contribution in [2.24, 2.45) is 4.99 Å². The third-order valence-electron chi connectivity index (χ3n) is 2.89. The number of carbonyl (C=O) groups is 1. The largest absolute Gasteiger partial charge is 0.480 e. The zero-order chi connectivity index (χ0) is 13.2. The summed E-state index contributed by atoms with van der Waals surface area (Å²) in [5.74, 6) is -0.859. The van der Waals surface area contributed by atoms with Gasteiger partial charge >= 0.3 is 5.97 Å². The lowest BCUT2D eigenvalue weighted by Crippen LogP contribution is -2.29. The van der Waals surface area contributed by atoms with Crippen molar-refractivity contribution < 1.29 is 9.90 Å². The van der Waals surface area contributed by atoms with Gasteiger partial charge in [0.1, 0.15) is 5.25 Å². The Hall–Kier alpha value is -2.07. The van der Waals surface area contributed by atoms with Gasteiger partial charge in [-0.1, -0.05) is 42.5 Å². The van der Waals surface area contributed by atoms with Gasteiger partial charge < -0.3 is 5.11 Å². The molecule has 3 nitrogen and oxygen atoms in total. The molecule has 0 radical (unpaired) electrons. The van der Waals surface area contributed by atoms with Crippen LogP contribution in [0.15, 0.2) is 64.5 Å². The molecule has 0 spiro atoms. The van der Waals surface area contributed by atoms with Crippen LogP contribution in [0.5, 0.6) is 0 Å². The smallest absolute Gasteiger partial charge is 0.323 e. The zero-order valence-electron chi connectivity index (χ0n) is 9.98. The molecule has 0 aliphatic carbocycles. The third-order valence-corrected chi connectivity index (χ3v) is 4.15. The quantitative estimate of drug-likeness (QED) is 0.909. The van der Waals surface area contributed by atoms with E-state index in [2.05, 4.69) is 4.99 Å². The van der Waals surface area contributed by atoms with Crippen molar-refractivity contribution in [3.63, 3.8) is 0 Å². The summed E-state index contributed by atoms with van der Waals surface area (Å²) in [5, 5.41) is 8.74. The minimum atomic E-state index is -0.859. The maximum atomic E-state index is 11.4. The summed E-state index contributed by atoms with van der Waals surface area (Å²) in [5.41, 5.74) is 2.30. The second-order valence-corrected chi connectivity index (χ2v) is 5.31. The Bertz CT molecular complexity index is 652. The van der Waals surface area contributed by atoms with E-state index in [9.17, 15) is 9.90 Å². The van der Waals surface area contributed by atoms with Crippen molar-refractivity contribution in [1.82, 2.24) is 0 Å². The fourth-order valence-electron chi connectivity index (χ4n) is 2.01. The number of hydrogen-bond acceptors (Lipinski definition) is 3. The van der Waals surface area contributed by atoms with Gasteiger partial charge in [-0.2, -0.15) is 0 Å². The molecule has 1 N–H and O–H groups in total. The van der Waals surface area contributed by atoms with E-state index in [1.165, 1.54) is 11.8 Å². The maximum Gasteiger partial charge on any atom is 0.323 e. The standard InChI is InChI=1S/C15H11NO2S/c17-15(18)14-13(10-6-2-1-3-7-10)16-11-8-4-5-9-12(11)19-14/h1-9,14H,(H,17,18)/t14-/m0/s1. The van der Waals surface area contributed by atoms with Crippen LogP contribution in [-0.4, -0.2) is 22.0 Å². The Morgan fingerprint density at radius 1 is 1.05 bits per heavy atom. The molecule has 0 bridgehead atoms. The van der Waals surface area contributed by atoms with Gasteiger partial charge in [0.15, 0.2) is 0 Å². The van der Waals surface area contributed by atoms with Gasteiger partial charge in [0, 0.05) is 4.90 Å². The molecule has 0 amide bonds. The lowest BCUT2D eigenvalue weighted by Gasteiger charge is -2.21. The Labute approximate surface area is 115 Å². The van der Waals surface area contributed by atoms with E-state index in [0.717, 1.165) is 16.1 Å². The summed E-state index contributed by atoms with van der Waals surface area (Å²) in [6, 6.07) is 17.1. The summed E-state index contributed by atoms with van der Waals surface area (Å²) >= 11 is 1.34. The van der Waals surface area contributed by atoms with Crippen LogP contribution in [0, 0.1) is 0 Å². The fraction of sp³-hybridized carbons (Fsp3) is 0.0667. The molecule has 3 rings (SSSR count). The Kier molecular flexibility index (Phi) is 3.09. The molecule has 4 heteroatoms. The van der Waals surface area contributed by atoms with Crippen molar-refractivity contribution in [3.8, 4) is 0 Å². The predicted octanol–water partition coefficient (Wildman–Crippen LogP) is 3.37. The van der Waals surface area contributed by atoms with Crippen LogP contribution >= 0.6 is 11.8 Å². The molecule has 0 fully saturated rings. The van der Waals surface area contributed by atoms with E-state index in [1.54, 1.807) is 0 Å². The van der Waals surface area contributed by atoms with Crippen LogP contribution in [0.4, 0.5) is 5.69 Å². The molecule has 0 unspecified atom stereocenters. The van der Waals surface area contributed by atoms with E-state index in [-0.39, 0.29) is 0 Å². The molecule has 1 aliphatic rings. The number of carboxylic acid groups (broad SMARTS) is 1. The number of aliphatic imine (C=N–C) groups is 1. The molecule has 1 aliphatic heterocycles. The van der Waals surface area contributed by atoms with E-state index < -0.39 is 11.2 Å². The molecular weight excluding hydrogens is 258 g/mol. The van der Waals surface area contributed by atoms with Gasteiger partial charge in [-0.05, 0) is 17.7 Å². The second-order valence-electron chi connectivity index (χ2n) is 4.17. The molecule has 0 saturated heterocycles. The average Bonchev–Trinajstić information content (AvgIpc) is 2.46. The topological polar surface area (TPSA) is 49.7 Å². The van der Waals surface area contributed by atoms with Gasteiger partial charge in [-0.3, -0.25) is 4.79 Å². The zero-order valence-corrected chi connectivity index (χ0v) is 10.8. The van der Waals surface area contributed by atoms with E-state index in [0.29, 0.717) is 5.71 Å². The number of thioether (sulfide) groups is 1. The van der Waals surface area contributed by atoms with Crippen LogP contribution in [-0.2, 0) is 4.79 Å². The fourth-order valence-corrected chi connectivity index (χ4v) is 3.06. The Morgan fingerprint density at radius 2 is 1.74 bits per heavy atom. The third kappa shape index (κ3) is 2.27. The van der Waals surface area contributed by atoms with Crippen LogP contribution in [0.3, 0.4) is 0 Å². The first-order valence-electron chi connectivity index (χ1n) is 5.88. The van der Waals surface area contributed by atoms with E-state index in [1.807, 2.05) is 54.6 Å². The first-order chi connectivity index (χ1) is 9.25. The molecule has 1 atom stereocenters. The number of aliphatic carboxylic acids is 1. The molecule has 19 heavy (non-hydrogen) atoms. The van der Waals surface area contributed by atoms with Crippen molar-refractivity contribution in [1.29, 1.82) is 0 Å². The van der Waals surface area contributed by atoms with Crippen LogP contribution in [0.2, 0.25) is 0 Å². The number of fused-ring (bicyclic) bond motifs is 1. The molecule has 0 aromatic heterocycles. The van der Waals surface area contributed by atoms with Crippen molar-refractivity contribution in [2.45, 2.75) is 10.1 Å². The molecule has 2 aromatic carbocycles. The normalized spacial score (nSPS) is 17.5. The lowest BCUT2D eigenvalue weighted by atomic mass is 10.1. The maximum absolute atomic E-state index is 11.4. The monoisotopic (exact) mass is 269 g/mol. The molecular formula is C15H11NO2S. The number of carboxylic acids is 1. The highest BCUT2D eigenvalue weighted by molar-refractivity contribution is 8.01. The molecule has 94 valence electrons. The van der Waals surface area contributed by atoms with Crippen LogP contribution < -0.4 is 0 Å². The van der Waals surface area contributed by atoms with Crippen molar-refractivity contribution in [3.05, 3.63) is 60.2 Å². The minimum absolute atomic E-state index is 0.608. The Morgan fingerprint density at radius 3 is 2.47 bits per heavy atom. The molecule has 1 heterocycles. The van der Waals surface area contributed by atoms with Crippen LogP contribution in [0.25, 0.3) is 0 Å². The highest BCUT2D eigenvalue weighted by Crippen LogP contribution is 2.39. The summed E-state index contributed by atoms with van der Waals surface area (Å²) in [7, 11) is 0. The molecule has 2 aromatic rings. The Balaban J connectivity index is 2.13. The highest BCUT2D eigenvalue weighted by atomic mass is 32.2. The number of nitrogens with zero attached hydrogens (tertiary/aromatic N) is 1. The van der Waals surface area contributed by atoms with Gasteiger partial charge in [0.2, 0.25) is 0 Å². The number of benzene rings is 2.